The summed E-state index contributed by atoms with van der Waals surface area (Å²) in [4.78, 5) is 8.27. The molecule has 16 heavy (non-hydrogen) atoms. The number of anilines is 2. The van der Waals surface area contributed by atoms with Crippen molar-refractivity contribution in [1.29, 1.82) is 0 Å². The highest BCUT2D eigenvalue weighted by atomic mass is 127. The SMILES string of the molecule is Clc1cc(Br)ccc1Nc1ncc(I)cn1. The first-order valence-corrected chi connectivity index (χ1v) is 6.60. The summed E-state index contributed by atoms with van der Waals surface area (Å²) < 4.78 is 1.93. The van der Waals surface area contributed by atoms with Gasteiger partial charge in [0.2, 0.25) is 5.95 Å². The van der Waals surface area contributed by atoms with E-state index in [0.717, 1.165) is 13.7 Å². The third-order valence-corrected chi connectivity index (χ3v) is 3.16. The summed E-state index contributed by atoms with van der Waals surface area (Å²) in [5, 5.41) is 3.67. The number of hydrogen-bond donors (Lipinski definition) is 1. The number of hydrogen-bond acceptors (Lipinski definition) is 3. The average molecular weight is 410 g/mol. The number of nitrogens with one attached hydrogen (secondary N) is 1. The highest BCUT2D eigenvalue weighted by molar-refractivity contribution is 14.1. The zero-order chi connectivity index (χ0) is 11.5. The van der Waals surface area contributed by atoms with Crippen LogP contribution in [0.2, 0.25) is 5.02 Å². The molecule has 0 saturated carbocycles. The highest BCUT2D eigenvalue weighted by Crippen LogP contribution is 2.27. The van der Waals surface area contributed by atoms with Crippen LogP contribution in [0.15, 0.2) is 35.1 Å². The van der Waals surface area contributed by atoms with E-state index in [4.69, 9.17) is 11.6 Å². The van der Waals surface area contributed by atoms with Gasteiger partial charge < -0.3 is 5.32 Å². The fourth-order valence-corrected chi connectivity index (χ4v) is 2.09. The third kappa shape index (κ3) is 3.05. The van der Waals surface area contributed by atoms with E-state index in [1.165, 1.54) is 0 Å². The Morgan fingerprint density at radius 3 is 2.56 bits per heavy atom. The number of aromatic nitrogens is 2. The Kier molecular flexibility index (Phi) is 3.99. The quantitative estimate of drug-likeness (QED) is 0.753. The first-order valence-electron chi connectivity index (χ1n) is 4.35. The minimum absolute atomic E-state index is 0.532. The Bertz CT molecular complexity index is 504. The lowest BCUT2D eigenvalue weighted by molar-refractivity contribution is 1.15. The molecule has 1 aromatic carbocycles. The van der Waals surface area contributed by atoms with Crippen molar-refractivity contribution in [1.82, 2.24) is 9.97 Å². The van der Waals surface area contributed by atoms with E-state index in [1.807, 2.05) is 18.2 Å². The molecule has 2 aromatic rings. The lowest BCUT2D eigenvalue weighted by Gasteiger charge is -2.06. The van der Waals surface area contributed by atoms with Crippen LogP contribution in [0.3, 0.4) is 0 Å². The van der Waals surface area contributed by atoms with Gasteiger partial charge in [-0.1, -0.05) is 27.5 Å². The zero-order valence-corrected chi connectivity index (χ0v) is 12.4. The van der Waals surface area contributed by atoms with Gasteiger partial charge in [-0.3, -0.25) is 0 Å². The van der Waals surface area contributed by atoms with Crippen molar-refractivity contribution in [2.75, 3.05) is 5.32 Å². The van der Waals surface area contributed by atoms with Crippen LogP contribution in [0.25, 0.3) is 0 Å². The van der Waals surface area contributed by atoms with E-state index in [0.29, 0.717) is 11.0 Å². The lowest BCUT2D eigenvalue weighted by atomic mass is 10.3. The second-order valence-corrected chi connectivity index (χ2v) is 5.54. The number of benzene rings is 1. The second-order valence-electron chi connectivity index (χ2n) is 2.97. The molecule has 0 spiro atoms. The summed E-state index contributed by atoms with van der Waals surface area (Å²) in [5.41, 5.74) is 0.783. The van der Waals surface area contributed by atoms with Crippen LogP contribution >= 0.6 is 50.1 Å². The predicted molar refractivity (Wildman–Crippen MR) is 77.2 cm³/mol. The molecule has 0 saturated heterocycles. The molecule has 0 aliphatic heterocycles. The molecule has 0 radical (unpaired) electrons. The summed E-state index contributed by atoms with van der Waals surface area (Å²) in [6, 6.07) is 5.59. The van der Waals surface area contributed by atoms with Gasteiger partial charge in [-0.05, 0) is 40.8 Å². The topological polar surface area (TPSA) is 37.8 Å². The van der Waals surface area contributed by atoms with E-state index in [2.05, 4.69) is 53.8 Å². The smallest absolute Gasteiger partial charge is 0.227 e. The van der Waals surface area contributed by atoms with Crippen molar-refractivity contribution in [3.63, 3.8) is 0 Å². The lowest BCUT2D eigenvalue weighted by Crippen LogP contribution is -1.97. The molecule has 6 heteroatoms. The highest BCUT2D eigenvalue weighted by Gasteiger charge is 2.02. The van der Waals surface area contributed by atoms with Gasteiger partial charge in [0.1, 0.15) is 0 Å². The van der Waals surface area contributed by atoms with Gasteiger partial charge in [0.05, 0.1) is 10.7 Å². The molecule has 2 rings (SSSR count). The molecule has 82 valence electrons. The number of halogens is 3. The van der Waals surface area contributed by atoms with E-state index in [9.17, 15) is 0 Å². The Balaban J connectivity index is 2.23. The van der Waals surface area contributed by atoms with Crippen molar-refractivity contribution in [2.24, 2.45) is 0 Å². The van der Waals surface area contributed by atoms with Gasteiger partial charge in [0.25, 0.3) is 0 Å². The predicted octanol–water partition coefficient (Wildman–Crippen LogP) is 4.24. The van der Waals surface area contributed by atoms with Crippen molar-refractivity contribution in [2.45, 2.75) is 0 Å². The van der Waals surface area contributed by atoms with Crippen molar-refractivity contribution in [3.8, 4) is 0 Å². The number of rotatable bonds is 2. The summed E-state index contributed by atoms with van der Waals surface area (Å²) >= 11 is 11.6. The van der Waals surface area contributed by atoms with Crippen LogP contribution in [-0.4, -0.2) is 9.97 Å². The van der Waals surface area contributed by atoms with E-state index < -0.39 is 0 Å². The molecule has 0 aliphatic rings. The maximum absolute atomic E-state index is 6.06. The molecule has 1 N–H and O–H groups in total. The largest absolute Gasteiger partial charge is 0.323 e. The first kappa shape index (κ1) is 12.1. The van der Waals surface area contributed by atoms with Crippen molar-refractivity contribution < 1.29 is 0 Å². The zero-order valence-electron chi connectivity index (χ0n) is 7.92. The third-order valence-electron chi connectivity index (χ3n) is 1.80. The Morgan fingerprint density at radius 2 is 1.94 bits per heavy atom. The molecule has 0 atom stereocenters. The molecular formula is C10H6BrClIN3. The van der Waals surface area contributed by atoms with Crippen LogP contribution in [0.1, 0.15) is 0 Å². The van der Waals surface area contributed by atoms with Crippen LogP contribution in [0.5, 0.6) is 0 Å². The van der Waals surface area contributed by atoms with Gasteiger partial charge in [-0.15, -0.1) is 0 Å². The minimum atomic E-state index is 0.532. The maximum Gasteiger partial charge on any atom is 0.227 e. The Hall–Kier alpha value is -0.400. The van der Waals surface area contributed by atoms with Gasteiger partial charge in [0.15, 0.2) is 0 Å². The molecule has 0 bridgehead atoms. The molecule has 0 aliphatic carbocycles. The molecule has 0 unspecified atom stereocenters. The van der Waals surface area contributed by atoms with Gasteiger partial charge in [-0.2, -0.15) is 0 Å². The summed E-state index contributed by atoms with van der Waals surface area (Å²) in [5.74, 6) is 0.532. The maximum atomic E-state index is 6.06. The monoisotopic (exact) mass is 409 g/mol. The Labute approximate surface area is 120 Å². The van der Waals surface area contributed by atoms with Gasteiger partial charge in [0, 0.05) is 20.4 Å². The van der Waals surface area contributed by atoms with Gasteiger partial charge >= 0.3 is 0 Å². The summed E-state index contributed by atoms with van der Waals surface area (Å²) in [6.07, 6.45) is 3.48. The van der Waals surface area contributed by atoms with Gasteiger partial charge in [-0.25, -0.2) is 9.97 Å². The second kappa shape index (κ2) is 5.29. The fourth-order valence-electron chi connectivity index (χ4n) is 1.09. The normalized spacial score (nSPS) is 10.2. The first-order chi connectivity index (χ1) is 7.65. The molecule has 3 nitrogen and oxygen atoms in total. The van der Waals surface area contributed by atoms with E-state index in [1.54, 1.807) is 12.4 Å². The molecule has 1 heterocycles. The van der Waals surface area contributed by atoms with Crippen LogP contribution in [-0.2, 0) is 0 Å². The standard InChI is InChI=1S/C10H6BrClIN3/c11-6-1-2-9(8(12)3-6)16-10-14-4-7(13)5-15-10/h1-5H,(H,14,15,16). The molecule has 0 amide bonds. The summed E-state index contributed by atoms with van der Waals surface area (Å²) in [6.45, 7) is 0. The van der Waals surface area contributed by atoms with E-state index in [-0.39, 0.29) is 0 Å². The van der Waals surface area contributed by atoms with Crippen LogP contribution in [0.4, 0.5) is 11.6 Å². The van der Waals surface area contributed by atoms with Crippen molar-refractivity contribution >= 4 is 61.8 Å². The van der Waals surface area contributed by atoms with E-state index >= 15 is 0 Å². The summed E-state index contributed by atoms with van der Waals surface area (Å²) in [7, 11) is 0. The van der Waals surface area contributed by atoms with Crippen molar-refractivity contribution in [3.05, 3.63) is 43.7 Å². The molecular weight excluding hydrogens is 404 g/mol. The average Bonchev–Trinajstić information content (AvgIpc) is 2.25. The molecule has 0 fully saturated rings. The number of nitrogens with zero attached hydrogens (tertiary/aromatic N) is 2. The fraction of sp³-hybridized carbons (Fsp3) is 0. The Morgan fingerprint density at radius 1 is 1.25 bits per heavy atom. The minimum Gasteiger partial charge on any atom is -0.323 e. The van der Waals surface area contributed by atoms with Crippen LogP contribution < -0.4 is 5.32 Å². The van der Waals surface area contributed by atoms with Crippen LogP contribution in [0, 0.1) is 3.57 Å². The molecule has 1 aromatic heterocycles.